The molecule has 1 amide bonds. The zero-order chi connectivity index (χ0) is 12.3. The fourth-order valence-electron chi connectivity index (χ4n) is 1.56. The number of carbonyl (C=O) groups excluding carboxylic acids is 1. The van der Waals surface area contributed by atoms with Crippen LogP contribution in [0.4, 0.5) is 0 Å². The molecule has 1 unspecified atom stereocenters. The first-order valence-corrected chi connectivity index (χ1v) is 6.18. The zero-order valence-corrected chi connectivity index (χ0v) is 9.81. The highest BCUT2D eigenvalue weighted by atomic mass is 32.2. The van der Waals surface area contributed by atoms with Crippen molar-refractivity contribution in [1.29, 1.82) is 0 Å². The third-order valence-corrected chi connectivity index (χ3v) is 3.59. The van der Waals surface area contributed by atoms with Crippen LogP contribution in [0.3, 0.4) is 0 Å². The van der Waals surface area contributed by atoms with Crippen LogP contribution in [0.15, 0.2) is 35.3 Å². The smallest absolute Gasteiger partial charge is 0.304 e. The Morgan fingerprint density at radius 2 is 2.12 bits per heavy atom. The lowest BCUT2D eigenvalue weighted by molar-refractivity contribution is -0.140. The summed E-state index contributed by atoms with van der Waals surface area (Å²) in [6, 6.07) is 9.43. The summed E-state index contributed by atoms with van der Waals surface area (Å²) in [5, 5.41) is 9.33. The molecule has 0 fully saturated rings. The molecule has 0 saturated heterocycles. The van der Waals surface area contributed by atoms with Crippen LogP contribution in [0, 0.1) is 5.92 Å². The summed E-state index contributed by atoms with van der Waals surface area (Å²) in [4.78, 5) is 26.2. The summed E-state index contributed by atoms with van der Waals surface area (Å²) < 4.78 is 0. The number of nitrogens with zero attached hydrogens (tertiary/aromatic N) is 1. The average Bonchev–Trinajstić information content (AvgIpc) is 2.32. The van der Waals surface area contributed by atoms with Crippen molar-refractivity contribution in [3.05, 3.63) is 35.9 Å². The van der Waals surface area contributed by atoms with Gasteiger partial charge in [-0.25, -0.2) is 4.99 Å². The average molecular weight is 249 g/mol. The molecule has 1 N–H and O–H groups in total. The number of aliphatic imine (C=N–C) groups is 1. The van der Waals surface area contributed by atoms with Crippen molar-refractivity contribution < 1.29 is 14.7 Å². The maximum Gasteiger partial charge on any atom is 0.304 e. The van der Waals surface area contributed by atoms with Crippen LogP contribution < -0.4 is 0 Å². The lowest BCUT2D eigenvalue weighted by Crippen LogP contribution is -2.24. The van der Waals surface area contributed by atoms with Gasteiger partial charge in [-0.3, -0.25) is 9.59 Å². The van der Waals surface area contributed by atoms with Gasteiger partial charge in [0.25, 0.3) is 5.91 Å². The molecule has 0 bridgehead atoms. The Morgan fingerprint density at radius 3 is 2.71 bits per heavy atom. The number of carboxylic acids is 1. The standard InChI is InChI=1S/C12H11NO3S/c14-10(15)6-9-7-17-12(13-11(9)16)8-4-2-1-3-5-8/h1-5,9H,6-7H2,(H,14,15). The lowest BCUT2D eigenvalue weighted by atomic mass is 10.1. The molecule has 1 atom stereocenters. The minimum Gasteiger partial charge on any atom is -0.481 e. The van der Waals surface area contributed by atoms with Crippen molar-refractivity contribution in [2.45, 2.75) is 6.42 Å². The van der Waals surface area contributed by atoms with Gasteiger partial charge in [-0.1, -0.05) is 30.3 Å². The Labute approximate surface area is 103 Å². The van der Waals surface area contributed by atoms with Crippen molar-refractivity contribution >= 4 is 28.7 Å². The largest absolute Gasteiger partial charge is 0.481 e. The van der Waals surface area contributed by atoms with Gasteiger partial charge in [-0.2, -0.15) is 0 Å². The van der Waals surface area contributed by atoms with Crippen LogP contribution in [0.2, 0.25) is 0 Å². The van der Waals surface area contributed by atoms with E-state index < -0.39 is 11.9 Å². The number of carboxylic acid groups (broad SMARTS) is 1. The summed E-state index contributed by atoms with van der Waals surface area (Å²) in [5.74, 6) is -1.30. The van der Waals surface area contributed by atoms with Crippen molar-refractivity contribution in [3.8, 4) is 0 Å². The topological polar surface area (TPSA) is 66.7 Å². The maximum absolute atomic E-state index is 11.6. The second-order valence-corrected chi connectivity index (χ2v) is 4.74. The summed E-state index contributed by atoms with van der Waals surface area (Å²) in [5.41, 5.74) is 0.902. The van der Waals surface area contributed by atoms with Gasteiger partial charge in [0.2, 0.25) is 0 Å². The van der Waals surface area contributed by atoms with Gasteiger partial charge in [0, 0.05) is 11.3 Å². The molecule has 1 aliphatic rings. The minimum atomic E-state index is -0.956. The molecule has 88 valence electrons. The Bertz CT molecular complexity index is 470. The third kappa shape index (κ3) is 2.94. The van der Waals surface area contributed by atoms with Crippen molar-refractivity contribution in [2.24, 2.45) is 10.9 Å². The first-order chi connectivity index (χ1) is 8.16. The lowest BCUT2D eigenvalue weighted by Gasteiger charge is -2.17. The van der Waals surface area contributed by atoms with Crippen LogP contribution in [0.1, 0.15) is 12.0 Å². The molecule has 5 heteroatoms. The summed E-state index contributed by atoms with van der Waals surface area (Å²) in [6.07, 6.45) is -0.141. The van der Waals surface area contributed by atoms with Gasteiger partial charge in [0.05, 0.1) is 12.3 Å². The van der Waals surface area contributed by atoms with Gasteiger partial charge in [-0.15, -0.1) is 11.8 Å². The third-order valence-electron chi connectivity index (χ3n) is 2.42. The molecule has 0 spiro atoms. The highest BCUT2D eigenvalue weighted by Crippen LogP contribution is 2.25. The zero-order valence-electron chi connectivity index (χ0n) is 9.00. The molecule has 0 aromatic heterocycles. The first kappa shape index (κ1) is 11.9. The van der Waals surface area contributed by atoms with Gasteiger partial charge >= 0.3 is 5.97 Å². The number of benzene rings is 1. The van der Waals surface area contributed by atoms with Crippen LogP contribution >= 0.6 is 11.8 Å². The number of thioether (sulfide) groups is 1. The van der Waals surface area contributed by atoms with Crippen LogP contribution in [0.25, 0.3) is 0 Å². The molecular formula is C12H11NO3S. The van der Waals surface area contributed by atoms with Gasteiger partial charge in [-0.05, 0) is 0 Å². The molecule has 1 aromatic rings. The van der Waals surface area contributed by atoms with Gasteiger partial charge < -0.3 is 5.11 Å². The fraction of sp³-hybridized carbons (Fsp3) is 0.250. The monoisotopic (exact) mass is 249 g/mol. The summed E-state index contributed by atoms with van der Waals surface area (Å²) in [6.45, 7) is 0. The fourth-order valence-corrected chi connectivity index (χ4v) is 2.64. The highest BCUT2D eigenvalue weighted by Gasteiger charge is 2.27. The summed E-state index contributed by atoms with van der Waals surface area (Å²) in [7, 11) is 0. The number of aliphatic carboxylic acids is 1. The molecule has 1 heterocycles. The van der Waals surface area contributed by atoms with Gasteiger partial charge in [0.1, 0.15) is 5.04 Å². The molecule has 1 aliphatic heterocycles. The molecule has 0 saturated carbocycles. The Balaban J connectivity index is 2.15. The second kappa shape index (κ2) is 5.14. The van der Waals surface area contributed by atoms with E-state index in [0.29, 0.717) is 10.8 Å². The van der Waals surface area contributed by atoms with E-state index in [9.17, 15) is 9.59 Å². The van der Waals surface area contributed by atoms with Crippen LogP contribution in [-0.4, -0.2) is 27.8 Å². The number of rotatable bonds is 3. The normalized spacial score (nSPS) is 19.9. The molecular weight excluding hydrogens is 238 g/mol. The van der Waals surface area contributed by atoms with Crippen molar-refractivity contribution in [3.63, 3.8) is 0 Å². The Hall–Kier alpha value is -1.62. The van der Waals surface area contributed by atoms with Crippen molar-refractivity contribution in [2.75, 3.05) is 5.75 Å². The van der Waals surface area contributed by atoms with E-state index in [1.807, 2.05) is 30.3 Å². The number of carbonyl (C=O) groups is 2. The van der Waals surface area contributed by atoms with E-state index >= 15 is 0 Å². The van der Waals surface area contributed by atoms with E-state index in [1.54, 1.807) is 0 Å². The molecule has 1 aromatic carbocycles. The minimum absolute atomic E-state index is 0.141. The predicted molar refractivity (Wildman–Crippen MR) is 66.2 cm³/mol. The van der Waals surface area contributed by atoms with E-state index in [-0.39, 0.29) is 12.3 Å². The number of hydrogen-bond donors (Lipinski definition) is 1. The predicted octanol–water partition coefficient (Wildman–Crippen LogP) is 1.80. The number of amides is 1. The van der Waals surface area contributed by atoms with Crippen molar-refractivity contribution in [1.82, 2.24) is 0 Å². The van der Waals surface area contributed by atoms with E-state index in [0.717, 1.165) is 5.56 Å². The van der Waals surface area contributed by atoms with E-state index in [4.69, 9.17) is 5.11 Å². The molecule has 17 heavy (non-hydrogen) atoms. The quantitative estimate of drug-likeness (QED) is 0.887. The summed E-state index contributed by atoms with van der Waals surface area (Å²) >= 11 is 1.44. The molecule has 0 radical (unpaired) electrons. The van der Waals surface area contributed by atoms with Crippen LogP contribution in [0.5, 0.6) is 0 Å². The van der Waals surface area contributed by atoms with E-state index in [2.05, 4.69) is 4.99 Å². The second-order valence-electron chi connectivity index (χ2n) is 3.73. The number of hydrogen-bond acceptors (Lipinski definition) is 3. The highest BCUT2D eigenvalue weighted by molar-refractivity contribution is 8.14. The first-order valence-electron chi connectivity index (χ1n) is 5.19. The van der Waals surface area contributed by atoms with E-state index in [1.165, 1.54) is 11.8 Å². The molecule has 4 nitrogen and oxygen atoms in total. The molecule has 2 rings (SSSR count). The SMILES string of the molecule is O=C(O)CC1CSC(c2ccccc2)=NC1=O. The molecule has 0 aliphatic carbocycles. The van der Waals surface area contributed by atoms with Crippen LogP contribution in [-0.2, 0) is 9.59 Å². The maximum atomic E-state index is 11.6. The Morgan fingerprint density at radius 1 is 1.41 bits per heavy atom. The van der Waals surface area contributed by atoms with Gasteiger partial charge in [0.15, 0.2) is 0 Å². The Kier molecular flexibility index (Phi) is 3.58.